The number of hydrogen-bond acceptors (Lipinski definition) is 5. The molecule has 0 saturated heterocycles. The largest absolute Gasteiger partial charge is 0.348 e. The van der Waals surface area contributed by atoms with E-state index in [2.05, 4.69) is 49.7 Å². The van der Waals surface area contributed by atoms with Crippen LogP contribution in [-0.4, -0.2) is 16.2 Å². The maximum atomic E-state index is 5.04. The lowest BCUT2D eigenvalue weighted by Gasteiger charge is -2.29. The molecule has 1 aromatic heterocycles. The molecule has 3 rings (SSSR count). The molecule has 0 bridgehead atoms. The van der Waals surface area contributed by atoms with Gasteiger partial charge in [0.05, 0.1) is 0 Å². The average Bonchev–Trinajstić information content (AvgIpc) is 3.09. The quantitative estimate of drug-likeness (QED) is 0.521. The van der Waals surface area contributed by atoms with Gasteiger partial charge in [-0.15, -0.1) is 15.3 Å². The van der Waals surface area contributed by atoms with Crippen LogP contribution in [0, 0.1) is 0 Å². The molecule has 1 saturated carbocycles. The predicted octanol–water partition coefficient (Wildman–Crippen LogP) is 3.38. The van der Waals surface area contributed by atoms with Crippen molar-refractivity contribution in [1.29, 1.82) is 0 Å². The van der Waals surface area contributed by atoms with Gasteiger partial charge in [-0.1, -0.05) is 48.4 Å². The predicted molar refractivity (Wildman–Crippen MR) is 85.6 cm³/mol. The van der Waals surface area contributed by atoms with E-state index in [1.807, 2.05) is 12.1 Å². The number of aromatic nitrogens is 2. The smallest absolute Gasteiger partial charge is 0.198 e. The second kappa shape index (κ2) is 6.98. The lowest BCUT2D eigenvalue weighted by molar-refractivity contribution is 0.594. The van der Waals surface area contributed by atoms with Crippen molar-refractivity contribution < 1.29 is 0 Å². The van der Waals surface area contributed by atoms with Crippen molar-refractivity contribution in [3.63, 3.8) is 0 Å². The molecule has 1 aliphatic carbocycles. The van der Waals surface area contributed by atoms with Gasteiger partial charge in [-0.05, 0) is 30.5 Å². The molecule has 0 atom stereocenters. The standard InChI is InChI=1S/C16H20N6/c17-21-19-15-10-11-16(20-18-15)22(14-8-4-5-9-14)12-13-6-2-1-3-7-13/h1-3,6-7,10-11,14H,4-5,8-9,12H2,(H2,17,18,19). The second-order valence-corrected chi connectivity index (χ2v) is 5.52. The van der Waals surface area contributed by atoms with Crippen molar-refractivity contribution in [1.82, 2.24) is 10.2 Å². The third-order valence-electron chi connectivity index (χ3n) is 4.05. The Balaban J connectivity index is 1.84. The Kier molecular flexibility index (Phi) is 4.58. The summed E-state index contributed by atoms with van der Waals surface area (Å²) in [6.07, 6.45) is 4.98. The zero-order valence-electron chi connectivity index (χ0n) is 12.5. The summed E-state index contributed by atoms with van der Waals surface area (Å²) in [6.45, 7) is 0.845. The normalized spacial score (nSPS) is 15.5. The summed E-state index contributed by atoms with van der Waals surface area (Å²) in [5.74, 6) is 6.35. The van der Waals surface area contributed by atoms with Crippen molar-refractivity contribution in [2.45, 2.75) is 38.3 Å². The first-order valence-corrected chi connectivity index (χ1v) is 7.62. The summed E-state index contributed by atoms with van der Waals surface area (Å²) in [6, 6.07) is 14.7. The van der Waals surface area contributed by atoms with E-state index in [1.165, 1.54) is 31.2 Å². The summed E-state index contributed by atoms with van der Waals surface area (Å²) in [4.78, 5) is 2.35. The van der Waals surface area contributed by atoms with Gasteiger partial charge in [-0.25, -0.2) is 0 Å². The molecule has 0 aliphatic heterocycles. The monoisotopic (exact) mass is 296 g/mol. The molecule has 6 nitrogen and oxygen atoms in total. The van der Waals surface area contributed by atoms with Gasteiger partial charge in [0.1, 0.15) is 0 Å². The van der Waals surface area contributed by atoms with E-state index in [0.717, 1.165) is 12.4 Å². The Labute approximate surface area is 130 Å². The molecular formula is C16H20N6. The fourth-order valence-corrected chi connectivity index (χ4v) is 2.98. The molecule has 114 valence electrons. The molecule has 1 aromatic carbocycles. The minimum absolute atomic E-state index is 0.428. The van der Waals surface area contributed by atoms with Gasteiger partial charge in [-0.2, -0.15) is 0 Å². The maximum Gasteiger partial charge on any atom is 0.198 e. The van der Waals surface area contributed by atoms with E-state index < -0.39 is 0 Å². The molecule has 2 N–H and O–H groups in total. The van der Waals surface area contributed by atoms with Crippen LogP contribution in [0.4, 0.5) is 11.6 Å². The Bertz CT molecular complexity index is 604. The molecule has 1 heterocycles. The van der Waals surface area contributed by atoms with Crippen LogP contribution in [-0.2, 0) is 6.54 Å². The van der Waals surface area contributed by atoms with Crippen LogP contribution >= 0.6 is 0 Å². The highest BCUT2D eigenvalue weighted by atomic mass is 15.4. The van der Waals surface area contributed by atoms with Gasteiger partial charge >= 0.3 is 0 Å². The zero-order valence-corrected chi connectivity index (χ0v) is 12.5. The van der Waals surface area contributed by atoms with Crippen molar-refractivity contribution in [2.24, 2.45) is 16.2 Å². The van der Waals surface area contributed by atoms with E-state index in [0.29, 0.717) is 11.9 Å². The van der Waals surface area contributed by atoms with Crippen LogP contribution < -0.4 is 10.7 Å². The van der Waals surface area contributed by atoms with Crippen LogP contribution in [0.5, 0.6) is 0 Å². The molecule has 0 amide bonds. The molecule has 6 heteroatoms. The zero-order chi connectivity index (χ0) is 15.2. The molecule has 1 fully saturated rings. The Morgan fingerprint density at radius 1 is 1.05 bits per heavy atom. The summed E-state index contributed by atoms with van der Waals surface area (Å²) >= 11 is 0. The van der Waals surface area contributed by atoms with Gasteiger partial charge in [0.15, 0.2) is 11.6 Å². The first kappa shape index (κ1) is 14.4. The summed E-state index contributed by atoms with van der Waals surface area (Å²) in [5, 5.41) is 15.3. The minimum atomic E-state index is 0.428. The lowest BCUT2D eigenvalue weighted by atomic mass is 10.1. The molecule has 1 aliphatic rings. The van der Waals surface area contributed by atoms with Crippen LogP contribution in [0.2, 0.25) is 0 Å². The van der Waals surface area contributed by atoms with Gasteiger partial charge < -0.3 is 10.7 Å². The fourth-order valence-electron chi connectivity index (χ4n) is 2.98. The van der Waals surface area contributed by atoms with E-state index in [1.54, 1.807) is 6.07 Å². The number of benzene rings is 1. The van der Waals surface area contributed by atoms with E-state index in [9.17, 15) is 0 Å². The number of anilines is 1. The maximum absolute atomic E-state index is 5.04. The molecule has 2 aromatic rings. The number of nitrogens with two attached hydrogens (primary N) is 1. The molecule has 22 heavy (non-hydrogen) atoms. The summed E-state index contributed by atoms with van der Waals surface area (Å²) in [5.41, 5.74) is 1.28. The molecular weight excluding hydrogens is 276 g/mol. The average molecular weight is 296 g/mol. The fraction of sp³-hybridized carbons (Fsp3) is 0.375. The van der Waals surface area contributed by atoms with Crippen molar-refractivity contribution in [2.75, 3.05) is 4.90 Å². The van der Waals surface area contributed by atoms with Crippen molar-refractivity contribution >= 4 is 11.6 Å². The van der Waals surface area contributed by atoms with Crippen molar-refractivity contribution in [3.8, 4) is 0 Å². The summed E-state index contributed by atoms with van der Waals surface area (Å²) in [7, 11) is 0. The highest BCUT2D eigenvalue weighted by Crippen LogP contribution is 2.28. The van der Waals surface area contributed by atoms with Crippen LogP contribution in [0.25, 0.3) is 0 Å². The van der Waals surface area contributed by atoms with Crippen molar-refractivity contribution in [3.05, 3.63) is 48.0 Å². The lowest BCUT2D eigenvalue weighted by Crippen LogP contribution is -2.33. The van der Waals surface area contributed by atoms with Crippen LogP contribution in [0.15, 0.2) is 52.8 Å². The molecule has 0 unspecified atom stereocenters. The van der Waals surface area contributed by atoms with Crippen LogP contribution in [0.1, 0.15) is 31.2 Å². The highest BCUT2D eigenvalue weighted by molar-refractivity contribution is 5.43. The second-order valence-electron chi connectivity index (χ2n) is 5.52. The Morgan fingerprint density at radius 3 is 2.45 bits per heavy atom. The van der Waals surface area contributed by atoms with E-state index >= 15 is 0 Å². The third kappa shape index (κ3) is 3.39. The third-order valence-corrected chi connectivity index (χ3v) is 4.05. The Hall–Kier alpha value is -2.50. The van der Waals surface area contributed by atoms with E-state index in [-0.39, 0.29) is 0 Å². The molecule has 0 radical (unpaired) electrons. The molecule has 0 spiro atoms. The summed E-state index contributed by atoms with van der Waals surface area (Å²) < 4.78 is 0. The van der Waals surface area contributed by atoms with Gasteiger partial charge in [0.2, 0.25) is 0 Å². The van der Waals surface area contributed by atoms with Gasteiger partial charge in [0, 0.05) is 12.6 Å². The number of hydrogen-bond donors (Lipinski definition) is 1. The highest BCUT2D eigenvalue weighted by Gasteiger charge is 2.24. The van der Waals surface area contributed by atoms with Gasteiger partial charge in [-0.3, -0.25) is 0 Å². The minimum Gasteiger partial charge on any atom is -0.348 e. The SMILES string of the molecule is NN=Nc1ccc(N(Cc2ccccc2)C2CCCC2)nn1. The topological polar surface area (TPSA) is 79.8 Å². The van der Waals surface area contributed by atoms with Gasteiger partial charge in [0.25, 0.3) is 0 Å². The number of nitrogens with zero attached hydrogens (tertiary/aromatic N) is 5. The number of rotatable bonds is 5. The van der Waals surface area contributed by atoms with Crippen LogP contribution in [0.3, 0.4) is 0 Å². The Morgan fingerprint density at radius 2 is 1.82 bits per heavy atom. The first-order chi connectivity index (χ1) is 10.9. The first-order valence-electron chi connectivity index (χ1n) is 7.62. The van der Waals surface area contributed by atoms with E-state index in [4.69, 9.17) is 5.84 Å².